The zero-order valence-electron chi connectivity index (χ0n) is 20.8. The zero-order valence-corrected chi connectivity index (χ0v) is 20.8. The molecule has 0 amide bonds. The average Bonchev–Trinajstić information content (AvgIpc) is 3.31. The second-order valence-corrected chi connectivity index (χ2v) is 9.43. The number of carbonyl (C=O) groups is 1. The third kappa shape index (κ3) is 3.68. The zero-order chi connectivity index (χ0) is 24.8. The predicted molar refractivity (Wildman–Crippen MR) is 143 cm³/mol. The van der Waals surface area contributed by atoms with Gasteiger partial charge in [0.15, 0.2) is 11.6 Å². The van der Waals surface area contributed by atoms with Gasteiger partial charge in [0.1, 0.15) is 5.82 Å². The fraction of sp³-hybridized carbons (Fsp3) is 0.241. The molecule has 180 valence electrons. The monoisotopic (exact) mass is 476 g/mol. The van der Waals surface area contributed by atoms with Crippen LogP contribution in [0.1, 0.15) is 32.9 Å². The summed E-state index contributed by atoms with van der Waals surface area (Å²) in [5.74, 6) is 1.60. The van der Waals surface area contributed by atoms with Crippen molar-refractivity contribution in [2.45, 2.75) is 20.8 Å². The van der Waals surface area contributed by atoms with Crippen molar-refractivity contribution in [3.63, 3.8) is 0 Å². The maximum Gasteiger partial charge on any atom is 0.204 e. The standard InChI is InChI=1S/C29H28N6O/c1-19-8-7-11-25(20(19)2)33-14-16-34(17-15-33)28-29-32-31-21(3)35(29)26-18-23(12-13-24(26)30-28)27(36)22-9-5-4-6-10-22/h4-13,18H,14-17H2,1-3H3. The molecule has 6 rings (SSSR count). The molecule has 5 aromatic rings. The van der Waals surface area contributed by atoms with Crippen LogP contribution in [-0.2, 0) is 0 Å². The number of fused-ring (bicyclic) bond motifs is 3. The van der Waals surface area contributed by atoms with Crippen LogP contribution in [0.5, 0.6) is 0 Å². The van der Waals surface area contributed by atoms with E-state index in [-0.39, 0.29) is 5.78 Å². The first-order valence-corrected chi connectivity index (χ1v) is 12.3. The third-order valence-corrected chi connectivity index (χ3v) is 7.26. The van der Waals surface area contributed by atoms with E-state index < -0.39 is 0 Å². The van der Waals surface area contributed by atoms with Crippen LogP contribution >= 0.6 is 0 Å². The number of carbonyl (C=O) groups excluding carboxylic acids is 1. The summed E-state index contributed by atoms with van der Waals surface area (Å²) in [4.78, 5) is 22.8. The van der Waals surface area contributed by atoms with Crippen molar-refractivity contribution in [2.75, 3.05) is 36.0 Å². The van der Waals surface area contributed by atoms with Crippen LogP contribution in [0.3, 0.4) is 0 Å². The number of nitrogens with zero attached hydrogens (tertiary/aromatic N) is 6. The van der Waals surface area contributed by atoms with Gasteiger partial charge in [-0.2, -0.15) is 0 Å². The highest BCUT2D eigenvalue weighted by atomic mass is 16.1. The van der Waals surface area contributed by atoms with Gasteiger partial charge in [0, 0.05) is 43.0 Å². The van der Waals surface area contributed by atoms with Crippen LogP contribution in [0.15, 0.2) is 66.7 Å². The van der Waals surface area contributed by atoms with E-state index in [1.54, 1.807) is 0 Å². The van der Waals surface area contributed by atoms with E-state index in [2.05, 4.69) is 52.0 Å². The Bertz CT molecular complexity index is 1600. The first-order chi connectivity index (χ1) is 17.5. The molecule has 3 aromatic carbocycles. The summed E-state index contributed by atoms with van der Waals surface area (Å²) in [6, 6.07) is 21.5. The second-order valence-electron chi connectivity index (χ2n) is 9.43. The number of piperazine rings is 1. The molecule has 1 aliphatic heterocycles. The molecule has 0 atom stereocenters. The van der Waals surface area contributed by atoms with Crippen molar-refractivity contribution < 1.29 is 4.79 Å². The molecular weight excluding hydrogens is 448 g/mol. The maximum absolute atomic E-state index is 13.1. The molecule has 1 aliphatic rings. The number of rotatable bonds is 4. The van der Waals surface area contributed by atoms with Gasteiger partial charge in [0.25, 0.3) is 0 Å². The fourth-order valence-corrected chi connectivity index (χ4v) is 5.10. The Kier molecular flexibility index (Phi) is 5.40. The number of aromatic nitrogens is 4. The van der Waals surface area contributed by atoms with Gasteiger partial charge < -0.3 is 9.80 Å². The molecule has 0 radical (unpaired) electrons. The molecule has 36 heavy (non-hydrogen) atoms. The van der Waals surface area contributed by atoms with Crippen molar-refractivity contribution in [3.8, 4) is 0 Å². The Morgan fingerprint density at radius 2 is 1.53 bits per heavy atom. The van der Waals surface area contributed by atoms with Gasteiger partial charge in [-0.15, -0.1) is 10.2 Å². The van der Waals surface area contributed by atoms with Crippen LogP contribution in [-0.4, -0.2) is 51.5 Å². The van der Waals surface area contributed by atoms with Crippen molar-refractivity contribution >= 4 is 34.0 Å². The molecule has 0 spiro atoms. The Labute approximate surface area is 210 Å². The van der Waals surface area contributed by atoms with Crippen LogP contribution < -0.4 is 9.80 Å². The fourth-order valence-electron chi connectivity index (χ4n) is 5.10. The van der Waals surface area contributed by atoms with Gasteiger partial charge in [0.05, 0.1) is 11.0 Å². The van der Waals surface area contributed by atoms with Gasteiger partial charge in [-0.1, -0.05) is 42.5 Å². The number of ketones is 1. The first-order valence-electron chi connectivity index (χ1n) is 12.3. The lowest BCUT2D eigenvalue weighted by molar-refractivity contribution is 0.103. The SMILES string of the molecule is Cc1cccc(N2CCN(c3nc4ccc(C(=O)c5ccccc5)cc4n4c(C)nnc34)CC2)c1C. The van der Waals surface area contributed by atoms with Gasteiger partial charge >= 0.3 is 0 Å². The molecule has 1 fully saturated rings. The molecule has 1 saturated heterocycles. The van der Waals surface area contributed by atoms with Crippen LogP contribution in [0.2, 0.25) is 0 Å². The van der Waals surface area contributed by atoms with Gasteiger partial charge in [-0.05, 0) is 56.2 Å². The van der Waals surface area contributed by atoms with E-state index in [1.807, 2.05) is 59.9 Å². The molecule has 7 nitrogen and oxygen atoms in total. The smallest absolute Gasteiger partial charge is 0.204 e. The molecular formula is C29H28N6O. The number of benzene rings is 3. The van der Waals surface area contributed by atoms with E-state index in [4.69, 9.17) is 4.98 Å². The van der Waals surface area contributed by atoms with Crippen molar-refractivity contribution in [3.05, 3.63) is 94.8 Å². The predicted octanol–water partition coefficient (Wildman–Crippen LogP) is 4.76. The Morgan fingerprint density at radius 1 is 0.778 bits per heavy atom. The highest BCUT2D eigenvalue weighted by molar-refractivity contribution is 6.10. The Morgan fingerprint density at radius 3 is 2.31 bits per heavy atom. The van der Waals surface area contributed by atoms with Crippen molar-refractivity contribution in [1.29, 1.82) is 0 Å². The van der Waals surface area contributed by atoms with Crippen molar-refractivity contribution in [2.24, 2.45) is 0 Å². The number of aryl methyl sites for hydroxylation is 2. The summed E-state index contributed by atoms with van der Waals surface area (Å²) in [5, 5.41) is 8.86. The average molecular weight is 477 g/mol. The number of hydrogen-bond donors (Lipinski definition) is 0. The quantitative estimate of drug-likeness (QED) is 0.349. The largest absolute Gasteiger partial charge is 0.368 e. The molecule has 2 aromatic heterocycles. The summed E-state index contributed by atoms with van der Waals surface area (Å²) in [6.07, 6.45) is 0. The summed E-state index contributed by atoms with van der Waals surface area (Å²) in [5.41, 5.74) is 7.64. The number of anilines is 2. The molecule has 0 saturated carbocycles. The second kappa shape index (κ2) is 8.75. The lowest BCUT2D eigenvalue weighted by Gasteiger charge is -2.37. The Hall–Kier alpha value is -4.26. The third-order valence-electron chi connectivity index (χ3n) is 7.26. The normalized spacial score (nSPS) is 14.1. The van der Waals surface area contributed by atoms with E-state index in [0.717, 1.165) is 54.5 Å². The van der Waals surface area contributed by atoms with Crippen LogP contribution in [0.25, 0.3) is 16.7 Å². The maximum atomic E-state index is 13.1. The minimum Gasteiger partial charge on any atom is -0.368 e. The van der Waals surface area contributed by atoms with Crippen LogP contribution in [0.4, 0.5) is 11.5 Å². The molecule has 0 bridgehead atoms. The lowest BCUT2D eigenvalue weighted by Crippen LogP contribution is -2.47. The summed E-state index contributed by atoms with van der Waals surface area (Å²) >= 11 is 0. The van der Waals surface area contributed by atoms with Crippen LogP contribution in [0, 0.1) is 20.8 Å². The summed E-state index contributed by atoms with van der Waals surface area (Å²) < 4.78 is 2.02. The van der Waals surface area contributed by atoms with Crippen molar-refractivity contribution in [1.82, 2.24) is 19.6 Å². The molecule has 7 heteroatoms. The summed E-state index contributed by atoms with van der Waals surface area (Å²) in [7, 11) is 0. The highest BCUT2D eigenvalue weighted by Gasteiger charge is 2.24. The minimum atomic E-state index is -0.0111. The molecule has 0 N–H and O–H groups in total. The van der Waals surface area contributed by atoms with E-state index in [0.29, 0.717) is 11.1 Å². The molecule has 0 unspecified atom stereocenters. The highest BCUT2D eigenvalue weighted by Crippen LogP contribution is 2.29. The van der Waals surface area contributed by atoms with E-state index in [1.165, 1.54) is 16.8 Å². The van der Waals surface area contributed by atoms with Gasteiger partial charge in [-0.3, -0.25) is 9.20 Å². The Balaban J connectivity index is 1.35. The van der Waals surface area contributed by atoms with E-state index in [9.17, 15) is 4.79 Å². The van der Waals surface area contributed by atoms with Gasteiger partial charge in [-0.25, -0.2) is 4.98 Å². The topological polar surface area (TPSA) is 66.6 Å². The van der Waals surface area contributed by atoms with Gasteiger partial charge in [0.2, 0.25) is 5.65 Å². The molecule has 0 aliphatic carbocycles. The van der Waals surface area contributed by atoms with E-state index >= 15 is 0 Å². The first kappa shape index (κ1) is 22.2. The number of hydrogen-bond acceptors (Lipinski definition) is 6. The summed E-state index contributed by atoms with van der Waals surface area (Å²) in [6.45, 7) is 9.81. The minimum absolute atomic E-state index is 0.0111. The molecule has 3 heterocycles. The lowest BCUT2D eigenvalue weighted by atomic mass is 10.0.